The van der Waals surface area contributed by atoms with Crippen LogP contribution in [0.4, 0.5) is 0 Å². The van der Waals surface area contributed by atoms with E-state index >= 15 is 0 Å². The first-order valence-corrected chi connectivity index (χ1v) is 7.77. The summed E-state index contributed by atoms with van der Waals surface area (Å²) in [6.07, 6.45) is 0.498. The van der Waals surface area contributed by atoms with Gasteiger partial charge in [0.1, 0.15) is 18.6 Å². The number of carbonyl (C=O) groups is 5. The van der Waals surface area contributed by atoms with Gasteiger partial charge in [-0.05, 0) is 19.8 Å². The third kappa shape index (κ3) is 6.03. The van der Waals surface area contributed by atoms with Crippen LogP contribution in [-0.2, 0) is 24.0 Å². The van der Waals surface area contributed by atoms with Gasteiger partial charge in [0.15, 0.2) is 0 Å². The fraction of sp³-hybridized carbons (Fsp3) is 0.643. The molecule has 1 fully saturated rings. The topological polar surface area (TPSA) is 185 Å². The standard InChI is InChI=1S/C14H23N5O6/c1-7(15)14(25)19-4-2-3-9(19)13(24)18-8(5-10(16)20)12(23)17-6-11(21)22/h7-9H,2-6,15H2,1H3,(H2,16,20)(H,17,23)(H,18,24)(H,21,22). The Bertz CT molecular complexity index is 564. The van der Waals surface area contributed by atoms with Gasteiger partial charge in [0.25, 0.3) is 0 Å². The molecule has 0 spiro atoms. The zero-order valence-electron chi connectivity index (χ0n) is 13.9. The first-order chi connectivity index (χ1) is 11.6. The maximum absolute atomic E-state index is 12.4. The van der Waals surface area contributed by atoms with Gasteiger partial charge >= 0.3 is 5.97 Å². The summed E-state index contributed by atoms with van der Waals surface area (Å²) >= 11 is 0. The molecule has 1 heterocycles. The van der Waals surface area contributed by atoms with E-state index in [1.165, 1.54) is 11.8 Å². The second-order valence-corrected chi connectivity index (χ2v) is 5.82. The minimum Gasteiger partial charge on any atom is -0.480 e. The highest BCUT2D eigenvalue weighted by molar-refractivity contribution is 5.95. The molecule has 1 aliphatic heterocycles. The van der Waals surface area contributed by atoms with E-state index in [9.17, 15) is 24.0 Å². The van der Waals surface area contributed by atoms with Gasteiger partial charge in [0.05, 0.1) is 12.5 Å². The Morgan fingerprint density at radius 3 is 2.44 bits per heavy atom. The van der Waals surface area contributed by atoms with E-state index in [2.05, 4.69) is 10.6 Å². The number of nitrogens with zero attached hydrogens (tertiary/aromatic N) is 1. The summed E-state index contributed by atoms with van der Waals surface area (Å²) in [7, 11) is 0. The fourth-order valence-corrected chi connectivity index (χ4v) is 2.53. The zero-order chi connectivity index (χ0) is 19.1. The number of amides is 4. The summed E-state index contributed by atoms with van der Waals surface area (Å²) in [5.41, 5.74) is 10.6. The average molecular weight is 357 g/mol. The van der Waals surface area contributed by atoms with Crippen molar-refractivity contribution in [2.24, 2.45) is 11.5 Å². The number of likely N-dealkylation sites (tertiary alicyclic amines) is 1. The lowest BCUT2D eigenvalue weighted by Gasteiger charge is -2.27. The van der Waals surface area contributed by atoms with Gasteiger partial charge in [-0.15, -0.1) is 0 Å². The zero-order valence-corrected chi connectivity index (χ0v) is 13.9. The first kappa shape index (κ1) is 20.4. The molecular weight excluding hydrogens is 334 g/mol. The third-order valence-electron chi connectivity index (χ3n) is 3.68. The molecule has 0 aromatic carbocycles. The number of carboxylic acids is 1. The van der Waals surface area contributed by atoms with Crippen molar-refractivity contribution in [1.82, 2.24) is 15.5 Å². The number of carbonyl (C=O) groups excluding carboxylic acids is 4. The number of primary amides is 1. The van der Waals surface area contributed by atoms with Gasteiger partial charge in [0.2, 0.25) is 23.6 Å². The number of rotatable bonds is 8. The predicted molar refractivity (Wildman–Crippen MR) is 84.8 cm³/mol. The number of aliphatic carboxylic acids is 1. The molecule has 1 saturated heterocycles. The highest BCUT2D eigenvalue weighted by Gasteiger charge is 2.36. The molecule has 1 aliphatic rings. The molecule has 0 aromatic rings. The van der Waals surface area contributed by atoms with Crippen LogP contribution in [0.3, 0.4) is 0 Å². The molecule has 0 aliphatic carbocycles. The monoisotopic (exact) mass is 357 g/mol. The minimum atomic E-state index is -1.32. The van der Waals surface area contributed by atoms with Crippen LogP contribution in [0.15, 0.2) is 0 Å². The van der Waals surface area contributed by atoms with Gasteiger partial charge in [0, 0.05) is 6.54 Å². The SMILES string of the molecule is CC(N)C(=O)N1CCCC1C(=O)NC(CC(N)=O)C(=O)NCC(=O)O. The lowest BCUT2D eigenvalue weighted by Crippen LogP contribution is -2.55. The van der Waals surface area contributed by atoms with E-state index in [0.29, 0.717) is 19.4 Å². The van der Waals surface area contributed by atoms with Crippen molar-refractivity contribution < 1.29 is 29.1 Å². The predicted octanol–water partition coefficient (Wildman–Crippen LogP) is -3.11. The molecule has 1 rings (SSSR count). The van der Waals surface area contributed by atoms with Crippen LogP contribution in [0, 0.1) is 0 Å². The second kappa shape index (κ2) is 8.97. The van der Waals surface area contributed by atoms with Crippen LogP contribution in [0.25, 0.3) is 0 Å². The Morgan fingerprint density at radius 1 is 1.28 bits per heavy atom. The fourth-order valence-electron chi connectivity index (χ4n) is 2.53. The molecule has 4 amide bonds. The van der Waals surface area contributed by atoms with Crippen molar-refractivity contribution in [3.05, 3.63) is 0 Å². The maximum Gasteiger partial charge on any atom is 0.322 e. The molecule has 3 atom stereocenters. The van der Waals surface area contributed by atoms with Crippen molar-refractivity contribution in [2.75, 3.05) is 13.1 Å². The third-order valence-corrected chi connectivity index (χ3v) is 3.68. The van der Waals surface area contributed by atoms with Crippen LogP contribution in [-0.4, -0.2) is 70.8 Å². The molecule has 3 unspecified atom stereocenters. The summed E-state index contributed by atoms with van der Waals surface area (Å²) in [5, 5.41) is 13.0. The van der Waals surface area contributed by atoms with Gasteiger partial charge < -0.3 is 32.1 Å². The number of hydrogen-bond donors (Lipinski definition) is 5. The molecule has 25 heavy (non-hydrogen) atoms. The Hall–Kier alpha value is -2.69. The summed E-state index contributed by atoms with van der Waals surface area (Å²) in [4.78, 5) is 59.4. The van der Waals surface area contributed by atoms with Gasteiger partial charge in [-0.3, -0.25) is 24.0 Å². The smallest absolute Gasteiger partial charge is 0.322 e. The van der Waals surface area contributed by atoms with Crippen molar-refractivity contribution in [1.29, 1.82) is 0 Å². The highest BCUT2D eigenvalue weighted by Crippen LogP contribution is 2.18. The van der Waals surface area contributed by atoms with Crippen LogP contribution in [0.2, 0.25) is 0 Å². The summed E-state index contributed by atoms with van der Waals surface area (Å²) < 4.78 is 0. The molecular formula is C14H23N5O6. The highest BCUT2D eigenvalue weighted by atomic mass is 16.4. The summed E-state index contributed by atoms with van der Waals surface area (Å²) in [6.45, 7) is 1.21. The number of hydrogen-bond acceptors (Lipinski definition) is 6. The van der Waals surface area contributed by atoms with Crippen LogP contribution in [0.5, 0.6) is 0 Å². The summed E-state index contributed by atoms with van der Waals surface area (Å²) in [6, 6.07) is -2.90. The van der Waals surface area contributed by atoms with Gasteiger partial charge in [-0.25, -0.2) is 0 Å². The second-order valence-electron chi connectivity index (χ2n) is 5.82. The van der Waals surface area contributed by atoms with Crippen molar-refractivity contribution in [2.45, 2.75) is 44.3 Å². The lowest BCUT2D eigenvalue weighted by atomic mass is 10.1. The average Bonchev–Trinajstić information content (AvgIpc) is 2.99. The van der Waals surface area contributed by atoms with Crippen LogP contribution >= 0.6 is 0 Å². The van der Waals surface area contributed by atoms with Gasteiger partial charge in [-0.2, -0.15) is 0 Å². The Kier molecular flexibility index (Phi) is 7.30. The number of carboxylic acid groups (broad SMARTS) is 1. The Balaban J connectivity index is 2.79. The minimum absolute atomic E-state index is 0.365. The molecule has 11 nitrogen and oxygen atoms in total. The van der Waals surface area contributed by atoms with Crippen LogP contribution < -0.4 is 22.1 Å². The largest absolute Gasteiger partial charge is 0.480 e. The van der Waals surface area contributed by atoms with E-state index < -0.39 is 54.8 Å². The van der Waals surface area contributed by atoms with Crippen molar-refractivity contribution in [3.8, 4) is 0 Å². The van der Waals surface area contributed by atoms with E-state index in [1.807, 2.05) is 0 Å². The van der Waals surface area contributed by atoms with Gasteiger partial charge in [-0.1, -0.05) is 0 Å². The van der Waals surface area contributed by atoms with Crippen molar-refractivity contribution in [3.63, 3.8) is 0 Å². The lowest BCUT2D eigenvalue weighted by molar-refractivity contribution is -0.141. The molecule has 7 N–H and O–H groups in total. The molecule has 0 bridgehead atoms. The van der Waals surface area contributed by atoms with E-state index in [0.717, 1.165) is 0 Å². The molecule has 11 heteroatoms. The molecule has 0 aromatic heterocycles. The van der Waals surface area contributed by atoms with E-state index in [4.69, 9.17) is 16.6 Å². The normalized spacial score (nSPS) is 19.0. The summed E-state index contributed by atoms with van der Waals surface area (Å²) in [5.74, 6) is -3.98. The number of nitrogens with one attached hydrogen (secondary N) is 2. The van der Waals surface area contributed by atoms with Crippen molar-refractivity contribution >= 4 is 29.6 Å². The maximum atomic E-state index is 12.4. The Labute approximate surface area is 144 Å². The molecule has 0 saturated carbocycles. The Morgan fingerprint density at radius 2 is 1.92 bits per heavy atom. The molecule has 140 valence electrons. The first-order valence-electron chi connectivity index (χ1n) is 7.77. The molecule has 0 radical (unpaired) electrons. The number of nitrogens with two attached hydrogens (primary N) is 2. The van der Waals surface area contributed by atoms with E-state index in [-0.39, 0.29) is 5.91 Å². The van der Waals surface area contributed by atoms with E-state index in [1.54, 1.807) is 0 Å². The quantitative estimate of drug-likeness (QED) is 0.304. The van der Waals surface area contributed by atoms with Crippen LogP contribution in [0.1, 0.15) is 26.2 Å².